The van der Waals surface area contributed by atoms with Crippen LogP contribution in [0.5, 0.6) is 0 Å². The van der Waals surface area contributed by atoms with Crippen LogP contribution in [0.1, 0.15) is 195 Å². The van der Waals surface area contributed by atoms with E-state index in [2.05, 4.69) is 27.7 Å². The number of ether oxygens (including phenoxy) is 10. The van der Waals surface area contributed by atoms with Gasteiger partial charge in [0.1, 0.15) is 39.6 Å². The maximum Gasteiger partial charge on any atom is 1.00 e. The summed E-state index contributed by atoms with van der Waals surface area (Å²) in [4.78, 5) is 76.4. The Morgan fingerprint density at radius 3 is 0.828 bits per heavy atom. The minimum atomic E-state index is -0.618. The van der Waals surface area contributed by atoms with Crippen LogP contribution in [0.2, 0.25) is 0 Å². The molecule has 4 aliphatic rings. The molecule has 3 aromatic carbocycles. The van der Waals surface area contributed by atoms with E-state index >= 15 is 0 Å². The Bertz CT molecular complexity index is 2400. The number of aliphatic hydroxyl groups is 2. The van der Waals surface area contributed by atoms with Crippen molar-refractivity contribution in [3.05, 3.63) is 106 Å². The number of aliphatic hydroxyl groups excluding tert-OH is 2. The first-order valence-electron chi connectivity index (χ1n) is 30.6. The van der Waals surface area contributed by atoms with Crippen molar-refractivity contribution in [2.24, 2.45) is 32.5 Å². The molecule has 2 N–H and O–H groups in total. The molecular weight excluding hydrogens is 1150 g/mol. The summed E-state index contributed by atoms with van der Waals surface area (Å²) in [5.74, 6) is -3.04. The predicted molar refractivity (Wildman–Crippen MR) is 320 cm³/mol. The molecule has 7 rings (SSSR count). The van der Waals surface area contributed by atoms with Crippen LogP contribution in [0.15, 0.2) is 72.8 Å². The number of carbonyl (C=O) groups excluding carboxylic acids is 6. The largest absolute Gasteiger partial charge is 1.00 e. The molecule has 0 unspecified atom stereocenters. The normalized spacial score (nSPS) is 16.3. The number of hydrogen-bond donors (Lipinski definition) is 2. The average Bonchev–Trinajstić information content (AvgIpc) is 3.39. The van der Waals surface area contributed by atoms with Crippen LogP contribution in [0.25, 0.3) is 0 Å². The van der Waals surface area contributed by atoms with Crippen LogP contribution < -0.4 is 56.5 Å². The maximum absolute atomic E-state index is 13.1. The van der Waals surface area contributed by atoms with Crippen LogP contribution in [-0.2, 0) is 47.4 Å². The number of carbonyl (C=O) groups is 6. The second-order valence-electron chi connectivity index (χ2n) is 23.8. The number of hydrogen-bond acceptors (Lipinski definition) is 19. The molecule has 19 nitrogen and oxygen atoms in total. The van der Waals surface area contributed by atoms with Gasteiger partial charge in [-0.2, -0.15) is 7.11 Å². The summed E-state index contributed by atoms with van der Waals surface area (Å²) >= 11 is 0. The number of rotatable bonds is 32. The van der Waals surface area contributed by atoms with E-state index in [1.807, 2.05) is 27.7 Å². The molecular formula is C67H97KO19. The summed E-state index contributed by atoms with van der Waals surface area (Å²) in [5.41, 5.74) is 0.443. The molecule has 0 aromatic heterocycles. The van der Waals surface area contributed by atoms with E-state index in [0.29, 0.717) is 90.0 Å². The summed E-state index contributed by atoms with van der Waals surface area (Å²) in [5, 5.41) is 26.3. The third-order valence-electron chi connectivity index (χ3n) is 17.6. The predicted octanol–water partition coefficient (Wildman–Crippen LogP) is 6.85. The van der Waals surface area contributed by atoms with Crippen molar-refractivity contribution in [2.75, 3.05) is 113 Å². The van der Waals surface area contributed by atoms with Gasteiger partial charge < -0.3 is 62.7 Å². The minimum absolute atomic E-state index is 0. The van der Waals surface area contributed by atoms with Gasteiger partial charge >= 0.3 is 87.2 Å². The number of benzene rings is 3. The Hall–Kier alpha value is -4.16. The van der Waals surface area contributed by atoms with E-state index in [-0.39, 0.29) is 140 Å². The van der Waals surface area contributed by atoms with Crippen molar-refractivity contribution in [3.63, 3.8) is 0 Å². The van der Waals surface area contributed by atoms with Gasteiger partial charge in [-0.25, -0.2) is 28.8 Å². The van der Waals surface area contributed by atoms with Crippen LogP contribution in [0.3, 0.4) is 0 Å². The quantitative estimate of drug-likeness (QED) is 0.0368. The molecule has 4 fully saturated rings. The van der Waals surface area contributed by atoms with E-state index in [1.165, 1.54) is 18.2 Å². The molecule has 0 radical (unpaired) electrons. The van der Waals surface area contributed by atoms with Gasteiger partial charge in [0.05, 0.1) is 121 Å². The van der Waals surface area contributed by atoms with Crippen LogP contribution in [-0.4, -0.2) is 159 Å². The number of unbranched alkanes of at least 4 members (excludes halogenated alkanes) is 2. The Morgan fingerprint density at radius 2 is 0.644 bits per heavy atom. The average molecular weight is 1250 g/mol. The van der Waals surface area contributed by atoms with Crippen molar-refractivity contribution in [1.82, 2.24) is 0 Å². The van der Waals surface area contributed by atoms with Crippen LogP contribution >= 0.6 is 0 Å². The van der Waals surface area contributed by atoms with Crippen LogP contribution in [0.4, 0.5) is 0 Å². The van der Waals surface area contributed by atoms with Gasteiger partial charge in [0.15, 0.2) is 0 Å². The Morgan fingerprint density at radius 1 is 0.414 bits per heavy atom. The molecule has 0 amide bonds. The van der Waals surface area contributed by atoms with Gasteiger partial charge in [0, 0.05) is 10.8 Å². The number of esters is 6. The molecule has 0 spiro atoms. The molecule has 0 aliphatic carbocycles. The maximum atomic E-state index is 13.1. The summed E-state index contributed by atoms with van der Waals surface area (Å²) < 4.78 is 54.5. The summed E-state index contributed by atoms with van der Waals surface area (Å²) in [6.45, 7) is 22.5. The first-order valence-corrected chi connectivity index (χ1v) is 30.6. The van der Waals surface area contributed by atoms with E-state index in [0.717, 1.165) is 71.3 Å². The zero-order chi connectivity index (χ0) is 63.3. The zero-order valence-corrected chi connectivity index (χ0v) is 56.7. The van der Waals surface area contributed by atoms with Gasteiger partial charge in [-0.3, -0.25) is 0 Å². The van der Waals surface area contributed by atoms with Gasteiger partial charge in [-0.1, -0.05) is 99.3 Å². The summed E-state index contributed by atoms with van der Waals surface area (Å²) in [6.07, 6.45) is 10.5. The monoisotopic (exact) mass is 1240 g/mol. The standard InChI is InChI=1S/C37H48O10.C20H26O6.C9H20O2.CH3O.K/c1-5-9-16-35(6-2,23-44-31(38)27-12-10-14-29(17-27)33(40)46-25-36(7-3)19-42-20-36)24-45-32(39)28-13-11-15-30(18-28)34(41)47-26-37(8-4)21-43-22-37;1-3-19(9-23-10-19)13-25-17(21)15-6-5-7-16(8-15)18(22)26-14-20(4-2)11-24-12-20;1-3-5-6-9(4-2,7-10)8-11;1-2;/h10-15,17-18H,5-9,16,19-26H2,1-4H3;5-8H,3-4,9-14H2,1-2H3;10-11H,3-8H2,1-2H3;1H3;/q;;;-1;+1. The summed E-state index contributed by atoms with van der Waals surface area (Å²) in [6, 6.07) is 19.0. The smallest absolute Gasteiger partial charge is 0.857 e. The zero-order valence-electron chi connectivity index (χ0n) is 53.6. The molecule has 480 valence electrons. The molecule has 0 bridgehead atoms. The van der Waals surface area contributed by atoms with E-state index in [4.69, 9.17) is 62.7 Å². The third-order valence-corrected chi connectivity index (χ3v) is 17.6. The van der Waals surface area contributed by atoms with Crippen molar-refractivity contribution in [3.8, 4) is 0 Å². The van der Waals surface area contributed by atoms with Crippen molar-refractivity contribution in [1.29, 1.82) is 0 Å². The van der Waals surface area contributed by atoms with Crippen molar-refractivity contribution >= 4 is 35.8 Å². The fraction of sp³-hybridized carbons (Fsp3) is 0.642. The SMILES string of the molecule is CCC1(COC(=O)c2cccc(C(=O)OCC3(CC)COC3)c2)COC1.CCCCC(CC)(CO)CO.CCCCC(CC)(COC(=O)c1cccc(C(=O)OCC2(CC)COC2)c1)COC(=O)c1cccc(C(=O)OCC2(CC)COC2)c1.C[O-].[K+]. The molecule has 4 heterocycles. The first kappa shape index (κ1) is 77.1. The van der Waals surface area contributed by atoms with E-state index in [1.54, 1.807) is 54.6 Å². The van der Waals surface area contributed by atoms with Crippen molar-refractivity contribution < 1.29 is 143 Å². The van der Waals surface area contributed by atoms with Gasteiger partial charge in [-0.05, 0) is 106 Å². The Balaban J connectivity index is 0.000000412. The van der Waals surface area contributed by atoms with E-state index < -0.39 is 41.2 Å². The molecule has 3 aromatic rings. The van der Waals surface area contributed by atoms with Gasteiger partial charge in [-0.15, -0.1) is 0 Å². The van der Waals surface area contributed by atoms with Gasteiger partial charge in [0.2, 0.25) is 0 Å². The van der Waals surface area contributed by atoms with E-state index in [9.17, 15) is 28.8 Å². The summed E-state index contributed by atoms with van der Waals surface area (Å²) in [7, 11) is 0.750. The molecule has 20 heteroatoms. The fourth-order valence-electron chi connectivity index (χ4n) is 9.53. The third kappa shape index (κ3) is 22.6. The molecule has 87 heavy (non-hydrogen) atoms. The van der Waals surface area contributed by atoms with Gasteiger partial charge in [0.25, 0.3) is 0 Å². The fourth-order valence-corrected chi connectivity index (χ4v) is 9.53. The second kappa shape index (κ2) is 38.5. The molecule has 4 aliphatic heterocycles. The Kier molecular flexibility index (Phi) is 34.1. The second-order valence-corrected chi connectivity index (χ2v) is 23.8. The topological polar surface area (TPSA) is 258 Å². The molecule has 0 saturated carbocycles. The minimum Gasteiger partial charge on any atom is -0.857 e. The molecule has 0 atom stereocenters. The van der Waals surface area contributed by atoms with Crippen molar-refractivity contribution in [2.45, 2.75) is 132 Å². The van der Waals surface area contributed by atoms with Crippen LogP contribution in [0, 0.1) is 32.5 Å². The molecule has 4 saturated heterocycles. The Labute approximate surface area is 558 Å². The first-order chi connectivity index (χ1) is 41.4.